The summed E-state index contributed by atoms with van der Waals surface area (Å²) in [6.45, 7) is 2.30. The van der Waals surface area contributed by atoms with Crippen LogP contribution in [0.1, 0.15) is 24.6 Å². The van der Waals surface area contributed by atoms with Gasteiger partial charge in [-0.2, -0.15) is 4.98 Å². The minimum absolute atomic E-state index is 0. The van der Waals surface area contributed by atoms with Crippen molar-refractivity contribution in [1.29, 1.82) is 0 Å². The average Bonchev–Trinajstić information content (AvgIpc) is 2.95. The van der Waals surface area contributed by atoms with E-state index in [0.29, 0.717) is 24.3 Å². The van der Waals surface area contributed by atoms with Gasteiger partial charge in [0, 0.05) is 13.1 Å². The lowest BCUT2D eigenvalue weighted by Crippen LogP contribution is -2.38. The second-order valence-electron chi connectivity index (χ2n) is 3.58. The van der Waals surface area contributed by atoms with E-state index in [1.807, 2.05) is 0 Å². The summed E-state index contributed by atoms with van der Waals surface area (Å²) in [5.74, 6) is 2.01. The molecule has 0 radical (unpaired) electrons. The Morgan fingerprint density at radius 1 is 1.56 bits per heavy atom. The molecule has 7 heteroatoms. The third-order valence-corrected chi connectivity index (χ3v) is 2.12. The molecule has 1 heterocycles. The van der Waals surface area contributed by atoms with E-state index in [0.717, 1.165) is 5.96 Å². The first-order valence-corrected chi connectivity index (χ1v) is 5.04. The average molecular weight is 337 g/mol. The van der Waals surface area contributed by atoms with E-state index < -0.39 is 0 Å². The standard InChI is InChI=1S/C9H15N5O.HI/c1-6-12-8(15-14-6)5-11-9(10-2)13-7-3-4-7;/h7H,3-5H2,1-2H3,(H2,10,11,13);1H. The van der Waals surface area contributed by atoms with Gasteiger partial charge in [0.1, 0.15) is 0 Å². The highest BCUT2D eigenvalue weighted by Gasteiger charge is 2.22. The molecule has 90 valence electrons. The lowest BCUT2D eigenvalue weighted by atomic mass is 10.6. The highest BCUT2D eigenvalue weighted by atomic mass is 127. The maximum absolute atomic E-state index is 4.97. The summed E-state index contributed by atoms with van der Waals surface area (Å²) < 4.78 is 4.97. The number of nitrogens with one attached hydrogen (secondary N) is 2. The minimum Gasteiger partial charge on any atom is -0.354 e. The van der Waals surface area contributed by atoms with Crippen molar-refractivity contribution < 1.29 is 4.52 Å². The zero-order valence-electron chi connectivity index (χ0n) is 9.36. The monoisotopic (exact) mass is 337 g/mol. The normalized spacial score (nSPS) is 15.5. The molecule has 0 unspecified atom stereocenters. The number of hydrogen-bond donors (Lipinski definition) is 2. The van der Waals surface area contributed by atoms with Crippen molar-refractivity contribution >= 4 is 29.9 Å². The summed E-state index contributed by atoms with van der Waals surface area (Å²) in [6.07, 6.45) is 2.45. The van der Waals surface area contributed by atoms with E-state index in [4.69, 9.17) is 4.52 Å². The topological polar surface area (TPSA) is 75.3 Å². The van der Waals surface area contributed by atoms with E-state index in [1.54, 1.807) is 14.0 Å². The molecule has 1 saturated carbocycles. The Morgan fingerprint density at radius 3 is 2.81 bits per heavy atom. The first-order chi connectivity index (χ1) is 7.28. The zero-order chi connectivity index (χ0) is 10.7. The van der Waals surface area contributed by atoms with E-state index >= 15 is 0 Å². The van der Waals surface area contributed by atoms with Crippen LogP contribution >= 0.6 is 24.0 Å². The SMILES string of the molecule is CN=C(NCc1nc(C)no1)NC1CC1.I. The van der Waals surface area contributed by atoms with Gasteiger partial charge in [-0.15, -0.1) is 24.0 Å². The fourth-order valence-corrected chi connectivity index (χ4v) is 1.19. The maximum Gasteiger partial charge on any atom is 0.246 e. The molecule has 1 aliphatic rings. The quantitative estimate of drug-likeness (QED) is 0.485. The van der Waals surface area contributed by atoms with Gasteiger partial charge < -0.3 is 15.2 Å². The fraction of sp³-hybridized carbons (Fsp3) is 0.667. The van der Waals surface area contributed by atoms with Crippen LogP contribution in [0.4, 0.5) is 0 Å². The van der Waals surface area contributed by atoms with Crippen LogP contribution in [0, 0.1) is 6.92 Å². The first kappa shape index (κ1) is 13.2. The molecule has 0 spiro atoms. The van der Waals surface area contributed by atoms with Crippen molar-refractivity contribution in [2.45, 2.75) is 32.4 Å². The summed E-state index contributed by atoms with van der Waals surface area (Å²) in [7, 11) is 1.75. The molecular weight excluding hydrogens is 321 g/mol. The van der Waals surface area contributed by atoms with Gasteiger partial charge in [0.25, 0.3) is 0 Å². The molecule has 2 rings (SSSR count). The number of halogens is 1. The molecule has 0 saturated heterocycles. The zero-order valence-corrected chi connectivity index (χ0v) is 11.7. The van der Waals surface area contributed by atoms with Gasteiger partial charge in [-0.25, -0.2) is 0 Å². The van der Waals surface area contributed by atoms with E-state index in [2.05, 4.69) is 25.8 Å². The Labute approximate surface area is 111 Å². The van der Waals surface area contributed by atoms with Crippen LogP contribution in [-0.2, 0) is 6.54 Å². The van der Waals surface area contributed by atoms with Crippen molar-refractivity contribution in [2.24, 2.45) is 4.99 Å². The van der Waals surface area contributed by atoms with Gasteiger partial charge >= 0.3 is 0 Å². The summed E-state index contributed by atoms with van der Waals surface area (Å²) in [5.41, 5.74) is 0. The Bertz CT molecular complexity index is 361. The molecule has 0 atom stereocenters. The number of nitrogens with zero attached hydrogens (tertiary/aromatic N) is 3. The number of guanidine groups is 1. The predicted octanol–water partition coefficient (Wildman–Crippen LogP) is 0.823. The lowest BCUT2D eigenvalue weighted by molar-refractivity contribution is 0.371. The number of aromatic nitrogens is 2. The third kappa shape index (κ3) is 3.95. The van der Waals surface area contributed by atoms with Gasteiger partial charge in [0.15, 0.2) is 11.8 Å². The summed E-state index contributed by atoms with van der Waals surface area (Å²) in [5, 5.41) is 10.1. The Balaban J connectivity index is 0.00000128. The largest absolute Gasteiger partial charge is 0.354 e. The van der Waals surface area contributed by atoms with Crippen molar-refractivity contribution in [3.05, 3.63) is 11.7 Å². The van der Waals surface area contributed by atoms with Crippen LogP contribution in [0.2, 0.25) is 0 Å². The van der Waals surface area contributed by atoms with Crippen LogP contribution in [0.25, 0.3) is 0 Å². The minimum atomic E-state index is 0. The molecule has 2 N–H and O–H groups in total. The van der Waals surface area contributed by atoms with Gasteiger partial charge in [0.05, 0.1) is 6.54 Å². The van der Waals surface area contributed by atoms with Crippen LogP contribution in [0.3, 0.4) is 0 Å². The van der Waals surface area contributed by atoms with E-state index in [9.17, 15) is 0 Å². The molecule has 0 amide bonds. The van der Waals surface area contributed by atoms with E-state index in [1.165, 1.54) is 12.8 Å². The van der Waals surface area contributed by atoms with Gasteiger partial charge in [0.2, 0.25) is 5.89 Å². The van der Waals surface area contributed by atoms with Crippen molar-refractivity contribution in [3.63, 3.8) is 0 Å². The third-order valence-electron chi connectivity index (χ3n) is 2.12. The first-order valence-electron chi connectivity index (χ1n) is 5.04. The van der Waals surface area contributed by atoms with Crippen LogP contribution < -0.4 is 10.6 Å². The maximum atomic E-state index is 4.97. The van der Waals surface area contributed by atoms with Crippen LogP contribution in [0.5, 0.6) is 0 Å². The van der Waals surface area contributed by atoms with Crippen molar-refractivity contribution in [1.82, 2.24) is 20.8 Å². The summed E-state index contributed by atoms with van der Waals surface area (Å²) in [6, 6.07) is 0.584. The second-order valence-corrected chi connectivity index (χ2v) is 3.58. The van der Waals surface area contributed by atoms with Gasteiger partial charge in [-0.1, -0.05) is 5.16 Å². The molecule has 6 nitrogen and oxygen atoms in total. The van der Waals surface area contributed by atoms with Crippen molar-refractivity contribution in [2.75, 3.05) is 7.05 Å². The molecule has 1 aliphatic carbocycles. The van der Waals surface area contributed by atoms with Crippen LogP contribution in [0.15, 0.2) is 9.52 Å². The number of rotatable bonds is 3. The number of aryl methyl sites for hydroxylation is 1. The number of aliphatic imine (C=N–C) groups is 1. The lowest BCUT2D eigenvalue weighted by Gasteiger charge is -2.08. The summed E-state index contributed by atoms with van der Waals surface area (Å²) in [4.78, 5) is 8.18. The van der Waals surface area contributed by atoms with Gasteiger partial charge in [-0.3, -0.25) is 4.99 Å². The van der Waals surface area contributed by atoms with Crippen LogP contribution in [-0.4, -0.2) is 29.2 Å². The smallest absolute Gasteiger partial charge is 0.246 e. The predicted molar refractivity (Wildman–Crippen MR) is 70.8 cm³/mol. The molecule has 1 fully saturated rings. The molecular formula is C9H16IN5O. The Morgan fingerprint density at radius 2 is 2.31 bits per heavy atom. The molecule has 0 aromatic carbocycles. The van der Waals surface area contributed by atoms with E-state index in [-0.39, 0.29) is 24.0 Å². The van der Waals surface area contributed by atoms with Gasteiger partial charge in [-0.05, 0) is 19.8 Å². The summed E-state index contributed by atoms with van der Waals surface area (Å²) >= 11 is 0. The number of hydrogen-bond acceptors (Lipinski definition) is 4. The highest BCUT2D eigenvalue weighted by Crippen LogP contribution is 2.18. The highest BCUT2D eigenvalue weighted by molar-refractivity contribution is 14.0. The Hall–Kier alpha value is -0.860. The Kier molecular flexibility index (Phi) is 4.97. The fourth-order valence-electron chi connectivity index (χ4n) is 1.19. The van der Waals surface area contributed by atoms with Crippen molar-refractivity contribution in [3.8, 4) is 0 Å². The molecule has 1 aromatic heterocycles. The molecule has 16 heavy (non-hydrogen) atoms. The second kappa shape index (κ2) is 6.02. The molecule has 1 aromatic rings. The molecule has 0 bridgehead atoms. The molecule has 0 aliphatic heterocycles.